The third kappa shape index (κ3) is 2.85. The predicted octanol–water partition coefficient (Wildman–Crippen LogP) is 3.69. The summed E-state index contributed by atoms with van der Waals surface area (Å²) in [6.07, 6.45) is 7.07. The normalized spacial score (nSPS) is 26.0. The maximum Gasteiger partial charge on any atom is 0.155 e. The second kappa shape index (κ2) is 4.91. The first kappa shape index (κ1) is 13.4. The second-order valence-corrected chi connectivity index (χ2v) is 6.55. The highest BCUT2D eigenvalue weighted by Gasteiger charge is 2.30. The van der Waals surface area contributed by atoms with Crippen molar-refractivity contribution in [3.8, 4) is 0 Å². The van der Waals surface area contributed by atoms with Gasteiger partial charge in [0.2, 0.25) is 0 Å². The summed E-state index contributed by atoms with van der Waals surface area (Å²) in [6, 6.07) is 0. The second-order valence-electron chi connectivity index (χ2n) is 6.55. The highest BCUT2D eigenvalue weighted by Crippen LogP contribution is 2.40. The fourth-order valence-corrected chi connectivity index (χ4v) is 3.05. The standard InChI is InChI=1S/C16H25NO/c1-12(13(2)18)14-9-15(11-16(3,4)10-14)17-7-5-6-8-17/h9H,5-8,10-11H2,1-4H3/b14-12+. The van der Waals surface area contributed by atoms with Crippen molar-refractivity contribution >= 4 is 5.78 Å². The fraction of sp³-hybridized carbons (Fsp3) is 0.688. The molecule has 0 saturated carbocycles. The largest absolute Gasteiger partial charge is 0.375 e. The first-order valence-corrected chi connectivity index (χ1v) is 7.05. The van der Waals surface area contributed by atoms with Crippen molar-refractivity contribution in [2.45, 2.75) is 53.4 Å². The van der Waals surface area contributed by atoms with Gasteiger partial charge in [-0.15, -0.1) is 0 Å². The van der Waals surface area contributed by atoms with E-state index in [0.29, 0.717) is 0 Å². The maximum atomic E-state index is 11.6. The van der Waals surface area contributed by atoms with E-state index in [2.05, 4.69) is 24.8 Å². The predicted molar refractivity (Wildman–Crippen MR) is 75.3 cm³/mol. The molecule has 0 aromatic carbocycles. The molecule has 2 rings (SSSR count). The molecule has 1 saturated heterocycles. The van der Waals surface area contributed by atoms with E-state index in [0.717, 1.165) is 18.4 Å². The van der Waals surface area contributed by atoms with Gasteiger partial charge in [-0.1, -0.05) is 13.8 Å². The van der Waals surface area contributed by atoms with Crippen LogP contribution < -0.4 is 0 Å². The average molecular weight is 247 g/mol. The minimum absolute atomic E-state index is 0.208. The molecule has 1 aliphatic carbocycles. The Kier molecular flexibility index (Phi) is 3.65. The zero-order valence-corrected chi connectivity index (χ0v) is 12.2. The topological polar surface area (TPSA) is 20.3 Å². The van der Waals surface area contributed by atoms with Gasteiger partial charge in [0.05, 0.1) is 0 Å². The quantitative estimate of drug-likeness (QED) is 0.694. The molecule has 0 aromatic heterocycles. The number of nitrogens with zero attached hydrogens (tertiary/aromatic N) is 1. The molecule has 2 nitrogen and oxygen atoms in total. The van der Waals surface area contributed by atoms with Crippen LogP contribution in [0.15, 0.2) is 22.9 Å². The van der Waals surface area contributed by atoms with Crippen LogP contribution >= 0.6 is 0 Å². The van der Waals surface area contributed by atoms with Crippen LogP contribution in [0.25, 0.3) is 0 Å². The molecule has 2 heteroatoms. The Morgan fingerprint density at radius 3 is 2.33 bits per heavy atom. The van der Waals surface area contributed by atoms with E-state index in [-0.39, 0.29) is 11.2 Å². The van der Waals surface area contributed by atoms with Crippen molar-refractivity contribution in [3.63, 3.8) is 0 Å². The van der Waals surface area contributed by atoms with Gasteiger partial charge < -0.3 is 4.90 Å². The van der Waals surface area contributed by atoms with Gasteiger partial charge in [-0.05, 0) is 62.2 Å². The number of hydrogen-bond donors (Lipinski definition) is 0. The average Bonchev–Trinajstić information content (AvgIpc) is 2.79. The summed E-state index contributed by atoms with van der Waals surface area (Å²) >= 11 is 0. The Balaban J connectivity index is 2.33. The van der Waals surface area contributed by atoms with Crippen molar-refractivity contribution in [1.82, 2.24) is 4.90 Å². The first-order valence-electron chi connectivity index (χ1n) is 7.05. The minimum Gasteiger partial charge on any atom is -0.375 e. The van der Waals surface area contributed by atoms with Crippen molar-refractivity contribution in [1.29, 1.82) is 0 Å². The summed E-state index contributed by atoms with van der Waals surface area (Å²) in [7, 11) is 0. The minimum atomic E-state index is 0.208. The lowest BCUT2D eigenvalue weighted by Gasteiger charge is -2.36. The summed E-state index contributed by atoms with van der Waals surface area (Å²) in [5.74, 6) is 0.208. The highest BCUT2D eigenvalue weighted by molar-refractivity contribution is 5.94. The van der Waals surface area contributed by atoms with Crippen LogP contribution in [0.1, 0.15) is 53.4 Å². The van der Waals surface area contributed by atoms with E-state index < -0.39 is 0 Å². The zero-order valence-electron chi connectivity index (χ0n) is 12.2. The van der Waals surface area contributed by atoms with Crippen LogP contribution in [0.3, 0.4) is 0 Å². The Morgan fingerprint density at radius 2 is 1.78 bits per heavy atom. The van der Waals surface area contributed by atoms with Gasteiger partial charge in [-0.3, -0.25) is 4.79 Å². The number of allylic oxidation sites excluding steroid dienone is 4. The van der Waals surface area contributed by atoms with Crippen LogP contribution in [-0.2, 0) is 4.79 Å². The SMILES string of the molecule is CC(=O)/C(C)=C1\C=C(N2CCCC2)CC(C)(C)C1. The molecule has 1 aliphatic heterocycles. The molecule has 2 aliphatic rings. The van der Waals surface area contributed by atoms with E-state index >= 15 is 0 Å². The summed E-state index contributed by atoms with van der Waals surface area (Å²) in [5, 5.41) is 0. The van der Waals surface area contributed by atoms with Crippen LogP contribution in [0, 0.1) is 5.41 Å². The number of carbonyl (C=O) groups is 1. The number of ketones is 1. The fourth-order valence-electron chi connectivity index (χ4n) is 3.05. The van der Waals surface area contributed by atoms with Gasteiger partial charge in [0.1, 0.15) is 0 Å². The molecule has 0 unspecified atom stereocenters. The van der Waals surface area contributed by atoms with Gasteiger partial charge in [-0.2, -0.15) is 0 Å². The lowest BCUT2D eigenvalue weighted by molar-refractivity contribution is -0.113. The van der Waals surface area contributed by atoms with E-state index in [1.165, 1.54) is 37.2 Å². The number of likely N-dealkylation sites (tertiary alicyclic amines) is 1. The molecule has 0 N–H and O–H groups in total. The van der Waals surface area contributed by atoms with Crippen LogP contribution in [0.2, 0.25) is 0 Å². The maximum absolute atomic E-state index is 11.6. The number of Topliss-reactive ketones (excluding diaryl/α,β-unsaturated/α-hetero) is 1. The first-order chi connectivity index (χ1) is 8.39. The molecule has 0 radical (unpaired) electrons. The molecule has 1 fully saturated rings. The molecular weight excluding hydrogens is 222 g/mol. The van der Waals surface area contributed by atoms with E-state index in [1.807, 2.05) is 6.92 Å². The van der Waals surface area contributed by atoms with Crippen LogP contribution in [-0.4, -0.2) is 23.8 Å². The number of rotatable bonds is 2. The zero-order chi connectivity index (χ0) is 13.3. The van der Waals surface area contributed by atoms with Gasteiger partial charge in [0.25, 0.3) is 0 Å². The lowest BCUT2D eigenvalue weighted by atomic mass is 9.75. The summed E-state index contributed by atoms with van der Waals surface area (Å²) in [6.45, 7) is 10.6. The summed E-state index contributed by atoms with van der Waals surface area (Å²) in [5.41, 5.74) is 3.91. The van der Waals surface area contributed by atoms with Crippen LogP contribution in [0.4, 0.5) is 0 Å². The Hall–Kier alpha value is -1.05. The highest BCUT2D eigenvalue weighted by atomic mass is 16.1. The molecule has 100 valence electrons. The van der Waals surface area contributed by atoms with Gasteiger partial charge in [0.15, 0.2) is 5.78 Å². The molecule has 18 heavy (non-hydrogen) atoms. The monoisotopic (exact) mass is 247 g/mol. The van der Waals surface area contributed by atoms with Crippen LogP contribution in [0.5, 0.6) is 0 Å². The van der Waals surface area contributed by atoms with Gasteiger partial charge in [-0.25, -0.2) is 0 Å². The van der Waals surface area contributed by atoms with Crippen molar-refractivity contribution in [2.75, 3.05) is 13.1 Å². The summed E-state index contributed by atoms with van der Waals surface area (Å²) < 4.78 is 0. The van der Waals surface area contributed by atoms with Gasteiger partial charge >= 0.3 is 0 Å². The third-order valence-corrected chi connectivity index (χ3v) is 4.19. The number of carbonyl (C=O) groups excluding carboxylic acids is 1. The Labute approximate surface area is 111 Å². The number of hydrogen-bond acceptors (Lipinski definition) is 2. The molecule has 0 aromatic rings. The van der Waals surface area contributed by atoms with E-state index in [4.69, 9.17) is 0 Å². The molecule has 0 bridgehead atoms. The van der Waals surface area contributed by atoms with E-state index in [9.17, 15) is 4.79 Å². The molecule has 0 spiro atoms. The van der Waals surface area contributed by atoms with E-state index in [1.54, 1.807) is 6.92 Å². The lowest BCUT2D eigenvalue weighted by Crippen LogP contribution is -2.27. The molecular formula is C16H25NO. The third-order valence-electron chi connectivity index (χ3n) is 4.19. The molecule has 0 atom stereocenters. The Bertz CT molecular complexity index is 409. The van der Waals surface area contributed by atoms with Crippen molar-refractivity contribution in [3.05, 3.63) is 22.9 Å². The summed E-state index contributed by atoms with van der Waals surface area (Å²) in [4.78, 5) is 14.1. The smallest absolute Gasteiger partial charge is 0.155 e. The van der Waals surface area contributed by atoms with Crippen molar-refractivity contribution in [2.24, 2.45) is 5.41 Å². The molecule has 1 heterocycles. The van der Waals surface area contributed by atoms with Gasteiger partial charge in [0, 0.05) is 18.8 Å². The molecule has 0 amide bonds. The Morgan fingerprint density at radius 1 is 1.17 bits per heavy atom. The van der Waals surface area contributed by atoms with Crippen molar-refractivity contribution < 1.29 is 4.79 Å².